The molecule has 0 saturated heterocycles. The van der Waals surface area contributed by atoms with E-state index in [9.17, 15) is 9.90 Å². The summed E-state index contributed by atoms with van der Waals surface area (Å²) in [5.74, 6) is 0.219. The van der Waals surface area contributed by atoms with Gasteiger partial charge in [0, 0.05) is 12.0 Å². The van der Waals surface area contributed by atoms with Gasteiger partial charge in [0.1, 0.15) is 11.5 Å². The number of rotatable bonds is 2. The van der Waals surface area contributed by atoms with Crippen molar-refractivity contribution in [3.05, 3.63) is 63.2 Å². The average Bonchev–Trinajstić information content (AvgIpc) is 2.28. The molecule has 2 aromatic rings. The Balaban J connectivity index is 2.49. The Morgan fingerprint density at radius 3 is 2.33 bits per heavy atom. The Kier molecular flexibility index (Phi) is 3.24. The number of hydrogen-bond donors (Lipinski definition) is 1. The fourth-order valence-corrected chi connectivity index (χ4v) is 2.03. The minimum atomic E-state index is -0.472. The maximum absolute atomic E-state index is 11.8. The van der Waals surface area contributed by atoms with Crippen LogP contribution in [0.5, 0.6) is 5.75 Å². The van der Waals surface area contributed by atoms with Gasteiger partial charge in [0.05, 0.1) is 5.56 Å². The normalized spacial score (nSPS) is 12.4. The summed E-state index contributed by atoms with van der Waals surface area (Å²) in [5, 5.41) is 9.90. The van der Waals surface area contributed by atoms with Crippen LogP contribution >= 0.6 is 0 Å². The minimum absolute atomic E-state index is 0.00294. The summed E-state index contributed by atoms with van der Waals surface area (Å²) in [6.45, 7) is 5.53. The predicted molar refractivity (Wildman–Crippen MR) is 70.1 cm³/mol. The van der Waals surface area contributed by atoms with Gasteiger partial charge in [-0.1, -0.05) is 36.8 Å². The lowest BCUT2D eigenvalue weighted by molar-refractivity contribution is 0.419. The van der Waals surface area contributed by atoms with Crippen molar-refractivity contribution in [1.82, 2.24) is 0 Å². The van der Waals surface area contributed by atoms with Crippen LogP contribution in [0, 0.1) is 13.8 Å². The summed E-state index contributed by atoms with van der Waals surface area (Å²) in [5.41, 5.74) is 1.98. The van der Waals surface area contributed by atoms with Crippen molar-refractivity contribution < 1.29 is 9.52 Å². The van der Waals surface area contributed by atoms with Crippen molar-refractivity contribution in [3.8, 4) is 5.75 Å². The fourth-order valence-electron chi connectivity index (χ4n) is 2.03. The van der Waals surface area contributed by atoms with Crippen LogP contribution in [0.15, 0.2) is 39.5 Å². The van der Waals surface area contributed by atoms with Crippen LogP contribution in [-0.2, 0) is 0 Å². The van der Waals surface area contributed by atoms with E-state index >= 15 is 0 Å². The first-order chi connectivity index (χ1) is 8.49. The molecule has 1 N–H and O–H groups in total. The molecule has 1 aromatic carbocycles. The van der Waals surface area contributed by atoms with Gasteiger partial charge in [-0.15, -0.1) is 0 Å². The summed E-state index contributed by atoms with van der Waals surface area (Å²) in [6, 6.07) is 9.36. The summed E-state index contributed by atoms with van der Waals surface area (Å²) in [4.78, 5) is 11.8. The van der Waals surface area contributed by atoms with Gasteiger partial charge < -0.3 is 9.52 Å². The lowest BCUT2D eigenvalue weighted by atomic mass is 9.93. The SMILES string of the molecule is Cc1ccc(C(C)c2c(O)cc(C)oc2=O)cc1. The lowest BCUT2D eigenvalue weighted by Crippen LogP contribution is -2.12. The second-order valence-corrected chi connectivity index (χ2v) is 4.58. The molecule has 3 heteroatoms. The Hall–Kier alpha value is -2.03. The van der Waals surface area contributed by atoms with Crippen LogP contribution in [0.3, 0.4) is 0 Å². The van der Waals surface area contributed by atoms with E-state index in [4.69, 9.17) is 4.42 Å². The molecular formula is C15H16O3. The molecule has 3 nitrogen and oxygen atoms in total. The zero-order valence-electron chi connectivity index (χ0n) is 10.7. The number of hydrogen-bond acceptors (Lipinski definition) is 3. The molecule has 1 unspecified atom stereocenters. The quantitative estimate of drug-likeness (QED) is 0.883. The first-order valence-corrected chi connectivity index (χ1v) is 5.89. The lowest BCUT2D eigenvalue weighted by Gasteiger charge is -2.13. The molecule has 1 aromatic heterocycles. The number of aromatic hydroxyl groups is 1. The standard InChI is InChI=1S/C15H16O3/c1-9-4-6-12(7-5-9)11(3)14-13(16)8-10(2)18-15(14)17/h4-8,11,16H,1-3H3. The summed E-state index contributed by atoms with van der Waals surface area (Å²) in [7, 11) is 0. The van der Waals surface area contributed by atoms with E-state index in [0.717, 1.165) is 11.1 Å². The third-order valence-electron chi connectivity index (χ3n) is 3.10. The van der Waals surface area contributed by atoms with Crippen LogP contribution in [0.25, 0.3) is 0 Å². The zero-order chi connectivity index (χ0) is 13.3. The monoisotopic (exact) mass is 244 g/mol. The summed E-state index contributed by atoms with van der Waals surface area (Å²) >= 11 is 0. The van der Waals surface area contributed by atoms with Crippen molar-refractivity contribution in [2.45, 2.75) is 26.7 Å². The Morgan fingerprint density at radius 2 is 1.78 bits per heavy atom. The largest absolute Gasteiger partial charge is 0.507 e. The minimum Gasteiger partial charge on any atom is -0.507 e. The average molecular weight is 244 g/mol. The van der Waals surface area contributed by atoms with Crippen LogP contribution in [0.1, 0.15) is 35.3 Å². The molecule has 18 heavy (non-hydrogen) atoms. The van der Waals surface area contributed by atoms with Crippen molar-refractivity contribution in [2.24, 2.45) is 0 Å². The summed E-state index contributed by atoms with van der Waals surface area (Å²) in [6.07, 6.45) is 0. The molecule has 94 valence electrons. The van der Waals surface area contributed by atoms with Crippen LogP contribution in [0.4, 0.5) is 0 Å². The van der Waals surface area contributed by atoms with Crippen molar-refractivity contribution >= 4 is 0 Å². The van der Waals surface area contributed by atoms with E-state index in [2.05, 4.69) is 0 Å². The van der Waals surface area contributed by atoms with Crippen molar-refractivity contribution in [3.63, 3.8) is 0 Å². The summed E-state index contributed by atoms with van der Waals surface area (Å²) < 4.78 is 5.04. The highest BCUT2D eigenvalue weighted by atomic mass is 16.4. The van der Waals surface area contributed by atoms with Gasteiger partial charge in [-0.3, -0.25) is 0 Å². The second kappa shape index (κ2) is 4.69. The molecule has 0 spiro atoms. The molecular weight excluding hydrogens is 228 g/mol. The zero-order valence-corrected chi connectivity index (χ0v) is 10.7. The van der Waals surface area contributed by atoms with Gasteiger partial charge in [-0.2, -0.15) is 0 Å². The van der Waals surface area contributed by atoms with Gasteiger partial charge >= 0.3 is 5.63 Å². The fraction of sp³-hybridized carbons (Fsp3) is 0.267. The topological polar surface area (TPSA) is 50.4 Å². The Labute approximate surface area is 106 Å². The molecule has 0 saturated carbocycles. The van der Waals surface area contributed by atoms with E-state index in [0.29, 0.717) is 11.3 Å². The van der Waals surface area contributed by atoms with Crippen molar-refractivity contribution in [2.75, 3.05) is 0 Å². The predicted octanol–water partition coefficient (Wildman–Crippen LogP) is 3.11. The molecule has 0 fully saturated rings. The van der Waals surface area contributed by atoms with Gasteiger partial charge in [0.25, 0.3) is 0 Å². The Bertz CT molecular complexity index is 609. The third kappa shape index (κ3) is 2.30. The van der Waals surface area contributed by atoms with Gasteiger partial charge in [-0.05, 0) is 19.4 Å². The highest BCUT2D eigenvalue weighted by molar-refractivity contribution is 5.39. The molecule has 0 aliphatic rings. The van der Waals surface area contributed by atoms with Crippen LogP contribution < -0.4 is 5.63 Å². The molecule has 0 amide bonds. The Morgan fingerprint density at radius 1 is 1.17 bits per heavy atom. The molecule has 1 heterocycles. The highest BCUT2D eigenvalue weighted by Gasteiger charge is 2.18. The first-order valence-electron chi connectivity index (χ1n) is 5.89. The van der Waals surface area contributed by atoms with E-state index in [-0.39, 0.29) is 11.7 Å². The van der Waals surface area contributed by atoms with Crippen LogP contribution in [0.2, 0.25) is 0 Å². The van der Waals surface area contributed by atoms with Gasteiger partial charge in [0.15, 0.2) is 0 Å². The molecule has 0 radical (unpaired) electrons. The van der Waals surface area contributed by atoms with E-state index in [1.54, 1.807) is 6.92 Å². The molecule has 1 atom stereocenters. The molecule has 0 bridgehead atoms. The van der Waals surface area contributed by atoms with Crippen LogP contribution in [-0.4, -0.2) is 5.11 Å². The smallest absolute Gasteiger partial charge is 0.343 e. The van der Waals surface area contributed by atoms with E-state index in [1.807, 2.05) is 38.1 Å². The van der Waals surface area contributed by atoms with E-state index in [1.165, 1.54) is 6.07 Å². The first kappa shape index (κ1) is 12.4. The van der Waals surface area contributed by atoms with Gasteiger partial charge in [-0.25, -0.2) is 4.79 Å². The second-order valence-electron chi connectivity index (χ2n) is 4.58. The molecule has 0 aliphatic carbocycles. The van der Waals surface area contributed by atoms with E-state index < -0.39 is 5.63 Å². The maximum atomic E-state index is 11.8. The molecule has 2 rings (SSSR count). The third-order valence-corrected chi connectivity index (χ3v) is 3.10. The highest BCUT2D eigenvalue weighted by Crippen LogP contribution is 2.28. The number of aryl methyl sites for hydroxylation is 2. The van der Waals surface area contributed by atoms with Crippen molar-refractivity contribution in [1.29, 1.82) is 0 Å². The number of benzene rings is 1. The molecule has 0 aliphatic heterocycles. The van der Waals surface area contributed by atoms with Gasteiger partial charge in [0.2, 0.25) is 0 Å². The maximum Gasteiger partial charge on any atom is 0.343 e.